The van der Waals surface area contributed by atoms with Crippen LogP contribution in [0.15, 0.2) is 48.5 Å². The smallest absolute Gasteiger partial charge is 0.326 e. The van der Waals surface area contributed by atoms with E-state index in [1.807, 2.05) is 18.2 Å². The van der Waals surface area contributed by atoms with Crippen molar-refractivity contribution in [1.82, 2.24) is 5.32 Å². The second-order valence-electron chi connectivity index (χ2n) is 6.87. The van der Waals surface area contributed by atoms with Crippen LogP contribution >= 0.6 is 22.9 Å². The lowest BCUT2D eigenvalue weighted by atomic mass is 10.1. The molecule has 0 saturated heterocycles. The van der Waals surface area contributed by atoms with Gasteiger partial charge in [-0.1, -0.05) is 29.8 Å². The second-order valence-corrected chi connectivity index (χ2v) is 10.1. The number of Topliss-reactive ketones (excluding diaryl/α,β-unsaturated/α-hetero) is 1. The minimum Gasteiger partial charge on any atom is -0.453 e. The number of rotatable bonds is 8. The summed E-state index contributed by atoms with van der Waals surface area (Å²) in [6.07, 6.45) is -0.0813. The molecule has 0 aliphatic carbocycles. The predicted molar refractivity (Wildman–Crippen MR) is 124 cm³/mol. The van der Waals surface area contributed by atoms with Crippen molar-refractivity contribution >= 4 is 66.4 Å². The number of hydrogen-bond donors (Lipinski definition) is 2. The Bertz CT molecular complexity index is 1290. The largest absolute Gasteiger partial charge is 0.453 e. The van der Waals surface area contributed by atoms with Crippen LogP contribution < -0.4 is 10.0 Å². The summed E-state index contributed by atoms with van der Waals surface area (Å²) in [7, 11) is -3.43. The maximum atomic E-state index is 12.5. The zero-order valence-corrected chi connectivity index (χ0v) is 19.4. The Balaban J connectivity index is 1.55. The van der Waals surface area contributed by atoms with Gasteiger partial charge >= 0.3 is 5.97 Å². The molecular weight excluding hydrogens is 476 g/mol. The lowest BCUT2D eigenvalue weighted by molar-refractivity contribution is -0.145. The standard InChI is InChI=1S/C21H19ClN2O6S2/c1-12(19(26)13-7-9-14(10-8-13)24-32(2,28)29)30-17(25)11-23-21(27)20-18(22)15-5-3-4-6-16(15)31-20/h3-10,12,24H,11H2,1-2H3,(H,23,27). The molecular formula is C21H19ClN2O6S2. The highest BCUT2D eigenvalue weighted by Crippen LogP contribution is 2.34. The van der Waals surface area contributed by atoms with Gasteiger partial charge in [0.25, 0.3) is 5.91 Å². The van der Waals surface area contributed by atoms with E-state index < -0.39 is 40.3 Å². The van der Waals surface area contributed by atoms with Crippen LogP contribution in [0.1, 0.15) is 27.0 Å². The van der Waals surface area contributed by atoms with Crippen molar-refractivity contribution in [2.24, 2.45) is 0 Å². The number of thiophene rings is 1. The fraction of sp³-hybridized carbons (Fsp3) is 0.190. The summed E-state index contributed by atoms with van der Waals surface area (Å²) in [6.45, 7) is 0.978. The summed E-state index contributed by atoms with van der Waals surface area (Å²) in [4.78, 5) is 37.2. The first-order chi connectivity index (χ1) is 15.0. The number of benzene rings is 2. The molecule has 0 spiro atoms. The van der Waals surface area contributed by atoms with Gasteiger partial charge in [-0.05, 0) is 37.3 Å². The van der Waals surface area contributed by atoms with E-state index in [1.165, 1.54) is 42.5 Å². The number of nitrogens with one attached hydrogen (secondary N) is 2. The molecule has 1 heterocycles. The number of hydrogen-bond acceptors (Lipinski definition) is 7. The van der Waals surface area contributed by atoms with Gasteiger partial charge in [0.1, 0.15) is 11.4 Å². The number of carbonyl (C=O) groups excluding carboxylic acids is 3. The van der Waals surface area contributed by atoms with Gasteiger partial charge < -0.3 is 10.1 Å². The minimum atomic E-state index is -3.43. The maximum Gasteiger partial charge on any atom is 0.326 e. The van der Waals surface area contributed by atoms with E-state index in [9.17, 15) is 22.8 Å². The van der Waals surface area contributed by atoms with Gasteiger partial charge in [0.05, 0.1) is 11.3 Å². The maximum absolute atomic E-state index is 12.5. The van der Waals surface area contributed by atoms with Gasteiger partial charge in [-0.2, -0.15) is 0 Å². The summed E-state index contributed by atoms with van der Waals surface area (Å²) >= 11 is 7.47. The highest BCUT2D eigenvalue weighted by molar-refractivity contribution is 7.92. The van der Waals surface area contributed by atoms with Crippen LogP contribution in [0.4, 0.5) is 5.69 Å². The van der Waals surface area contributed by atoms with Crippen LogP contribution in [0.5, 0.6) is 0 Å². The topological polar surface area (TPSA) is 119 Å². The molecule has 8 nitrogen and oxygen atoms in total. The summed E-state index contributed by atoms with van der Waals surface area (Å²) in [5.74, 6) is -1.77. The summed E-state index contributed by atoms with van der Waals surface area (Å²) in [5.41, 5.74) is 0.543. The van der Waals surface area contributed by atoms with Gasteiger partial charge in [0, 0.05) is 21.3 Å². The molecule has 168 valence electrons. The van der Waals surface area contributed by atoms with Gasteiger partial charge in [0.15, 0.2) is 6.10 Å². The van der Waals surface area contributed by atoms with Crippen molar-refractivity contribution in [1.29, 1.82) is 0 Å². The Morgan fingerprint density at radius 2 is 1.75 bits per heavy atom. The molecule has 2 N–H and O–H groups in total. The number of sulfonamides is 1. The van der Waals surface area contributed by atoms with Crippen molar-refractivity contribution in [3.05, 3.63) is 64.0 Å². The molecule has 32 heavy (non-hydrogen) atoms. The third-order valence-electron chi connectivity index (χ3n) is 4.28. The number of ketones is 1. The molecule has 0 fully saturated rings. The number of esters is 1. The number of carbonyl (C=O) groups is 3. The normalized spacial score (nSPS) is 12.2. The quantitative estimate of drug-likeness (QED) is 0.365. The first kappa shape index (κ1) is 23.7. The van der Waals surface area contributed by atoms with E-state index in [0.717, 1.165) is 16.3 Å². The van der Waals surface area contributed by atoms with Crippen molar-refractivity contribution in [2.45, 2.75) is 13.0 Å². The molecule has 1 atom stereocenters. The summed E-state index contributed by atoms with van der Waals surface area (Å²) < 4.78 is 30.7. The van der Waals surface area contributed by atoms with Crippen LogP contribution in [0.25, 0.3) is 10.1 Å². The first-order valence-electron chi connectivity index (χ1n) is 9.32. The van der Waals surface area contributed by atoms with Gasteiger partial charge in [-0.25, -0.2) is 8.42 Å². The summed E-state index contributed by atoms with van der Waals surface area (Å²) in [5, 5.41) is 3.52. The van der Waals surface area contributed by atoms with E-state index >= 15 is 0 Å². The Morgan fingerprint density at radius 1 is 1.09 bits per heavy atom. The Hall–Kier alpha value is -2.95. The number of ether oxygens (including phenoxy) is 1. The number of fused-ring (bicyclic) bond motifs is 1. The molecule has 0 aliphatic rings. The highest BCUT2D eigenvalue weighted by Gasteiger charge is 2.21. The number of anilines is 1. The second kappa shape index (κ2) is 9.68. The molecule has 0 saturated carbocycles. The van der Waals surface area contributed by atoms with Crippen molar-refractivity contribution in [2.75, 3.05) is 17.5 Å². The van der Waals surface area contributed by atoms with E-state index in [2.05, 4.69) is 10.0 Å². The van der Waals surface area contributed by atoms with E-state index in [1.54, 1.807) is 6.07 Å². The molecule has 3 rings (SSSR count). The molecule has 2 aromatic carbocycles. The lowest BCUT2D eigenvalue weighted by Crippen LogP contribution is -2.33. The van der Waals surface area contributed by atoms with E-state index in [-0.39, 0.29) is 10.4 Å². The Labute approximate surface area is 193 Å². The first-order valence-corrected chi connectivity index (χ1v) is 12.4. The third kappa shape index (κ3) is 5.84. The zero-order valence-electron chi connectivity index (χ0n) is 17.0. The van der Waals surface area contributed by atoms with Crippen molar-refractivity contribution in [3.8, 4) is 0 Å². The van der Waals surface area contributed by atoms with Gasteiger partial charge in [0.2, 0.25) is 15.8 Å². The zero-order chi connectivity index (χ0) is 23.5. The summed E-state index contributed by atoms with van der Waals surface area (Å²) in [6, 6.07) is 13.0. The van der Waals surface area contributed by atoms with Crippen LogP contribution in [0, 0.1) is 0 Å². The van der Waals surface area contributed by atoms with Crippen LogP contribution in [0.2, 0.25) is 5.02 Å². The van der Waals surface area contributed by atoms with Gasteiger partial charge in [-0.15, -0.1) is 11.3 Å². The third-order valence-corrected chi connectivity index (χ3v) is 6.57. The average Bonchev–Trinajstić information content (AvgIpc) is 3.08. The molecule has 0 radical (unpaired) electrons. The molecule has 1 aromatic heterocycles. The molecule has 0 bridgehead atoms. The Morgan fingerprint density at radius 3 is 2.38 bits per heavy atom. The Kier molecular flexibility index (Phi) is 7.17. The number of halogens is 1. The number of amides is 1. The highest BCUT2D eigenvalue weighted by atomic mass is 35.5. The average molecular weight is 495 g/mol. The molecule has 1 amide bonds. The lowest BCUT2D eigenvalue weighted by Gasteiger charge is -2.13. The van der Waals surface area contributed by atoms with E-state index in [4.69, 9.17) is 16.3 Å². The minimum absolute atomic E-state index is 0.241. The predicted octanol–water partition coefficient (Wildman–Crippen LogP) is 3.47. The van der Waals surface area contributed by atoms with E-state index in [0.29, 0.717) is 10.7 Å². The molecule has 0 aliphatic heterocycles. The van der Waals surface area contributed by atoms with Crippen LogP contribution in [-0.2, 0) is 19.6 Å². The fourth-order valence-corrected chi connectivity index (χ4v) is 4.83. The fourth-order valence-electron chi connectivity index (χ4n) is 2.84. The molecule has 3 aromatic rings. The monoisotopic (exact) mass is 494 g/mol. The van der Waals surface area contributed by atoms with Gasteiger partial charge in [-0.3, -0.25) is 19.1 Å². The molecule has 1 unspecified atom stereocenters. The van der Waals surface area contributed by atoms with Crippen molar-refractivity contribution < 1.29 is 27.5 Å². The van der Waals surface area contributed by atoms with Crippen LogP contribution in [0.3, 0.4) is 0 Å². The van der Waals surface area contributed by atoms with Crippen molar-refractivity contribution in [3.63, 3.8) is 0 Å². The van der Waals surface area contributed by atoms with Crippen LogP contribution in [-0.4, -0.2) is 45.0 Å². The molecule has 11 heteroatoms. The SMILES string of the molecule is CC(OC(=O)CNC(=O)c1sc2ccccc2c1Cl)C(=O)c1ccc(NS(C)(=O)=O)cc1.